The van der Waals surface area contributed by atoms with Gasteiger partial charge in [-0.15, -0.1) is 11.3 Å². The number of nitrogens with zero attached hydrogens (tertiary/aromatic N) is 3. The van der Waals surface area contributed by atoms with E-state index >= 15 is 0 Å². The van der Waals surface area contributed by atoms with Gasteiger partial charge in [0.2, 0.25) is 5.91 Å². The molecule has 7 heteroatoms. The van der Waals surface area contributed by atoms with Crippen molar-refractivity contribution in [3.63, 3.8) is 0 Å². The summed E-state index contributed by atoms with van der Waals surface area (Å²) in [6, 6.07) is 1.88. The van der Waals surface area contributed by atoms with Crippen molar-refractivity contribution in [1.29, 1.82) is 0 Å². The molecule has 0 spiro atoms. The summed E-state index contributed by atoms with van der Waals surface area (Å²) in [6.07, 6.45) is 3.91. The van der Waals surface area contributed by atoms with Gasteiger partial charge >= 0.3 is 0 Å². The SMILES string of the molecule is CC[C@H](Sc1cc(C)ncn1)C(=O)Nc1nccs1. The molecule has 1 atom stereocenters. The van der Waals surface area contributed by atoms with Crippen molar-refractivity contribution in [2.75, 3.05) is 5.32 Å². The summed E-state index contributed by atoms with van der Waals surface area (Å²) in [4.78, 5) is 24.4. The third-order valence-corrected chi connectivity index (χ3v) is 4.35. The van der Waals surface area contributed by atoms with Gasteiger partial charge in [0.15, 0.2) is 5.13 Å². The fourth-order valence-corrected chi connectivity index (χ4v) is 2.94. The Kier molecular flexibility index (Phi) is 4.86. The Hall–Kier alpha value is -1.47. The van der Waals surface area contributed by atoms with Crippen LogP contribution in [0, 0.1) is 6.92 Å². The molecule has 0 aliphatic carbocycles. The summed E-state index contributed by atoms with van der Waals surface area (Å²) >= 11 is 2.86. The highest BCUT2D eigenvalue weighted by atomic mass is 32.2. The monoisotopic (exact) mass is 294 g/mol. The first-order valence-electron chi connectivity index (χ1n) is 5.84. The average molecular weight is 294 g/mol. The lowest BCUT2D eigenvalue weighted by Gasteiger charge is -2.12. The molecule has 2 aromatic heterocycles. The number of amides is 1. The van der Waals surface area contributed by atoms with Crippen LogP contribution in [0.15, 0.2) is 29.0 Å². The maximum Gasteiger partial charge on any atom is 0.239 e. The van der Waals surface area contributed by atoms with Gasteiger partial charge < -0.3 is 5.32 Å². The van der Waals surface area contributed by atoms with Crippen LogP contribution >= 0.6 is 23.1 Å². The molecule has 1 N–H and O–H groups in total. The van der Waals surface area contributed by atoms with Gasteiger partial charge in [-0.05, 0) is 19.4 Å². The number of thiazole rings is 1. The standard InChI is InChI=1S/C12H14N4OS2/c1-3-9(11(17)16-12-13-4-5-18-12)19-10-6-8(2)14-7-15-10/h4-7,9H,3H2,1-2H3,(H,13,16,17)/t9-/m0/s1. The highest BCUT2D eigenvalue weighted by Gasteiger charge is 2.19. The molecule has 0 fully saturated rings. The van der Waals surface area contributed by atoms with Crippen molar-refractivity contribution in [3.8, 4) is 0 Å². The molecule has 2 heterocycles. The molecule has 0 saturated carbocycles. The summed E-state index contributed by atoms with van der Waals surface area (Å²) < 4.78 is 0. The molecule has 1 amide bonds. The summed E-state index contributed by atoms with van der Waals surface area (Å²) in [5, 5.41) is 5.90. The molecule has 2 rings (SSSR count). The molecular formula is C12H14N4OS2. The minimum atomic E-state index is -0.182. The maximum atomic E-state index is 12.1. The zero-order chi connectivity index (χ0) is 13.7. The number of hydrogen-bond donors (Lipinski definition) is 1. The topological polar surface area (TPSA) is 67.8 Å². The van der Waals surface area contributed by atoms with E-state index in [0.717, 1.165) is 17.1 Å². The number of anilines is 1. The molecule has 0 bridgehead atoms. The molecule has 0 saturated heterocycles. The van der Waals surface area contributed by atoms with Gasteiger partial charge in [0.05, 0.1) is 5.25 Å². The number of rotatable bonds is 5. The van der Waals surface area contributed by atoms with Crippen LogP contribution in [0.2, 0.25) is 0 Å². The zero-order valence-corrected chi connectivity index (χ0v) is 12.3. The van der Waals surface area contributed by atoms with E-state index < -0.39 is 0 Å². The first-order chi connectivity index (χ1) is 9.19. The predicted molar refractivity (Wildman–Crippen MR) is 77.4 cm³/mol. The first-order valence-corrected chi connectivity index (χ1v) is 7.60. The number of aromatic nitrogens is 3. The summed E-state index contributed by atoms with van der Waals surface area (Å²) in [5.74, 6) is -0.0429. The lowest BCUT2D eigenvalue weighted by atomic mass is 10.3. The normalized spacial score (nSPS) is 12.1. The average Bonchev–Trinajstić information content (AvgIpc) is 2.88. The summed E-state index contributed by atoms with van der Waals surface area (Å²) in [5.41, 5.74) is 0.896. The third-order valence-electron chi connectivity index (χ3n) is 2.37. The van der Waals surface area contributed by atoms with Crippen LogP contribution in [0.4, 0.5) is 5.13 Å². The van der Waals surface area contributed by atoms with E-state index in [1.165, 1.54) is 29.4 Å². The smallest absolute Gasteiger partial charge is 0.239 e. The van der Waals surface area contributed by atoms with E-state index in [-0.39, 0.29) is 11.2 Å². The Morgan fingerprint density at radius 2 is 2.32 bits per heavy atom. The van der Waals surface area contributed by atoms with Crippen molar-refractivity contribution >= 4 is 34.1 Å². The molecule has 5 nitrogen and oxygen atoms in total. The van der Waals surface area contributed by atoms with Gasteiger partial charge in [-0.25, -0.2) is 15.0 Å². The number of nitrogens with one attached hydrogen (secondary N) is 1. The van der Waals surface area contributed by atoms with E-state index in [1.54, 1.807) is 6.20 Å². The van der Waals surface area contributed by atoms with Gasteiger partial charge in [-0.3, -0.25) is 4.79 Å². The van der Waals surface area contributed by atoms with Gasteiger partial charge in [0.25, 0.3) is 0 Å². The van der Waals surface area contributed by atoms with Crippen LogP contribution in [0.1, 0.15) is 19.0 Å². The number of thioether (sulfide) groups is 1. The van der Waals surface area contributed by atoms with Crippen molar-refractivity contribution in [3.05, 3.63) is 29.7 Å². The second kappa shape index (κ2) is 6.63. The number of carbonyl (C=O) groups is 1. The Bertz CT molecular complexity index is 544. The van der Waals surface area contributed by atoms with Crippen molar-refractivity contribution in [2.45, 2.75) is 30.5 Å². The Morgan fingerprint density at radius 3 is 2.95 bits per heavy atom. The number of aryl methyl sites for hydroxylation is 1. The lowest BCUT2D eigenvalue weighted by Crippen LogP contribution is -2.24. The second-order valence-corrected chi connectivity index (χ2v) is 5.96. The molecule has 0 aliphatic heterocycles. The van der Waals surface area contributed by atoms with Crippen molar-refractivity contribution in [2.24, 2.45) is 0 Å². The van der Waals surface area contributed by atoms with Crippen LogP contribution in [-0.4, -0.2) is 26.1 Å². The Balaban J connectivity index is 2.01. The van der Waals surface area contributed by atoms with Gasteiger partial charge in [0, 0.05) is 17.3 Å². The third kappa shape index (κ3) is 4.00. The summed E-state index contributed by atoms with van der Waals surface area (Å²) in [7, 11) is 0. The quantitative estimate of drug-likeness (QED) is 0.678. The fourth-order valence-electron chi connectivity index (χ4n) is 1.43. The van der Waals surface area contributed by atoms with Crippen LogP contribution < -0.4 is 5.32 Å². The molecule has 0 aliphatic rings. The Labute approximate surface area is 119 Å². The molecule has 100 valence electrons. The van der Waals surface area contributed by atoms with Crippen LogP contribution in [0.3, 0.4) is 0 Å². The highest BCUT2D eigenvalue weighted by Crippen LogP contribution is 2.25. The zero-order valence-electron chi connectivity index (χ0n) is 10.7. The Morgan fingerprint density at radius 1 is 1.47 bits per heavy atom. The minimum Gasteiger partial charge on any atom is -0.301 e. The molecule has 0 radical (unpaired) electrons. The molecule has 0 aromatic carbocycles. The van der Waals surface area contributed by atoms with Crippen molar-refractivity contribution < 1.29 is 4.79 Å². The van der Waals surface area contributed by atoms with Crippen LogP contribution in [0.5, 0.6) is 0 Å². The van der Waals surface area contributed by atoms with Gasteiger partial charge in [-0.1, -0.05) is 18.7 Å². The van der Waals surface area contributed by atoms with E-state index in [0.29, 0.717) is 5.13 Å². The van der Waals surface area contributed by atoms with E-state index in [9.17, 15) is 4.79 Å². The maximum absolute atomic E-state index is 12.1. The minimum absolute atomic E-state index is 0.0429. The largest absolute Gasteiger partial charge is 0.301 e. The molecular weight excluding hydrogens is 280 g/mol. The fraction of sp³-hybridized carbons (Fsp3) is 0.333. The first kappa shape index (κ1) is 14.0. The number of carbonyl (C=O) groups excluding carboxylic acids is 1. The molecule has 2 aromatic rings. The molecule has 19 heavy (non-hydrogen) atoms. The second-order valence-electron chi connectivity index (χ2n) is 3.84. The van der Waals surface area contributed by atoms with E-state index in [1.807, 2.05) is 25.3 Å². The van der Waals surface area contributed by atoms with Gasteiger partial charge in [0.1, 0.15) is 11.4 Å². The van der Waals surface area contributed by atoms with E-state index in [4.69, 9.17) is 0 Å². The molecule has 0 unspecified atom stereocenters. The lowest BCUT2D eigenvalue weighted by molar-refractivity contribution is -0.115. The number of hydrogen-bond acceptors (Lipinski definition) is 6. The predicted octanol–water partition coefficient (Wildman–Crippen LogP) is 2.75. The summed E-state index contributed by atoms with van der Waals surface area (Å²) in [6.45, 7) is 3.88. The van der Waals surface area contributed by atoms with Crippen molar-refractivity contribution in [1.82, 2.24) is 15.0 Å². The van der Waals surface area contributed by atoms with Crippen LogP contribution in [-0.2, 0) is 4.79 Å². The van der Waals surface area contributed by atoms with Gasteiger partial charge in [-0.2, -0.15) is 0 Å². The van der Waals surface area contributed by atoms with E-state index in [2.05, 4.69) is 20.3 Å². The highest BCUT2D eigenvalue weighted by molar-refractivity contribution is 8.00. The van der Waals surface area contributed by atoms with Crippen LogP contribution in [0.25, 0.3) is 0 Å².